The molecule has 43 heavy (non-hydrogen) atoms. The zero-order valence-corrected chi connectivity index (χ0v) is 27.0. The lowest BCUT2D eigenvalue weighted by molar-refractivity contribution is -0.139. The molecule has 1 N–H and O–H groups in total. The second kappa shape index (κ2) is 14.9. The Hall–Kier alpha value is -4.05. The standard InChI is InChI=1S/C33H43N3O6S/c1-8-9-15-34-33(38)26(5)35(21-27-12-10-11-23(2)17-27)32(37)22-36(28-18-24(3)16-25(4)19-28)43(39,40)29-13-14-30(41-6)31(20-29)42-7/h10-14,16-20,26H,8-9,15,21-22H2,1-7H3,(H,34,38). The molecule has 0 spiro atoms. The van der Waals surface area contributed by atoms with Gasteiger partial charge in [0.2, 0.25) is 11.8 Å². The number of unbranched alkanes of at least 4 members (excludes halogenated alkanes) is 1. The molecule has 0 aliphatic heterocycles. The molecule has 10 heteroatoms. The van der Waals surface area contributed by atoms with Gasteiger partial charge in [0, 0.05) is 19.2 Å². The molecule has 0 saturated heterocycles. The van der Waals surface area contributed by atoms with E-state index in [0.717, 1.165) is 39.4 Å². The minimum atomic E-state index is -4.27. The van der Waals surface area contributed by atoms with E-state index in [-0.39, 0.29) is 23.1 Å². The Bertz CT molecular complexity index is 1520. The van der Waals surface area contributed by atoms with E-state index in [1.54, 1.807) is 19.1 Å². The van der Waals surface area contributed by atoms with Crippen molar-refractivity contribution in [1.29, 1.82) is 0 Å². The van der Waals surface area contributed by atoms with Crippen LogP contribution in [-0.2, 0) is 26.2 Å². The van der Waals surface area contributed by atoms with Crippen LogP contribution in [0.1, 0.15) is 48.9 Å². The van der Waals surface area contributed by atoms with Gasteiger partial charge in [-0.2, -0.15) is 0 Å². The first kappa shape index (κ1) is 33.5. The third-order valence-corrected chi connectivity index (χ3v) is 8.92. The van der Waals surface area contributed by atoms with E-state index < -0.39 is 28.5 Å². The van der Waals surface area contributed by atoms with Gasteiger partial charge in [-0.1, -0.05) is 49.2 Å². The maximum atomic E-state index is 14.2. The third kappa shape index (κ3) is 8.50. The van der Waals surface area contributed by atoms with Crippen LogP contribution in [0.25, 0.3) is 0 Å². The number of benzene rings is 3. The van der Waals surface area contributed by atoms with Gasteiger partial charge in [-0.15, -0.1) is 0 Å². The van der Waals surface area contributed by atoms with E-state index in [1.165, 1.54) is 37.3 Å². The first-order valence-corrected chi connectivity index (χ1v) is 15.8. The van der Waals surface area contributed by atoms with Crippen LogP contribution in [0.3, 0.4) is 0 Å². The number of anilines is 1. The minimum absolute atomic E-state index is 0.0623. The molecule has 0 aromatic heterocycles. The summed E-state index contributed by atoms with van der Waals surface area (Å²) in [4.78, 5) is 28.7. The lowest BCUT2D eigenvalue weighted by atomic mass is 10.1. The van der Waals surface area contributed by atoms with Crippen LogP contribution in [-0.4, -0.2) is 58.5 Å². The number of aryl methyl sites for hydroxylation is 3. The van der Waals surface area contributed by atoms with Crippen LogP contribution in [0.15, 0.2) is 65.6 Å². The Morgan fingerprint density at radius 1 is 0.884 bits per heavy atom. The molecule has 2 amide bonds. The number of nitrogens with one attached hydrogen (secondary N) is 1. The zero-order chi connectivity index (χ0) is 31.7. The molecule has 9 nitrogen and oxygen atoms in total. The molecule has 0 bridgehead atoms. The van der Waals surface area contributed by atoms with Crippen LogP contribution in [0.4, 0.5) is 5.69 Å². The molecule has 0 aliphatic rings. The van der Waals surface area contributed by atoms with Crippen LogP contribution in [0.5, 0.6) is 11.5 Å². The summed E-state index contributed by atoms with van der Waals surface area (Å²) in [6.07, 6.45) is 1.73. The Morgan fingerprint density at radius 3 is 2.16 bits per heavy atom. The second-order valence-electron chi connectivity index (χ2n) is 10.7. The van der Waals surface area contributed by atoms with E-state index in [9.17, 15) is 18.0 Å². The molecule has 0 fully saturated rings. The molecule has 0 radical (unpaired) electrons. The SMILES string of the molecule is CCCCNC(=O)C(C)N(Cc1cccc(C)c1)C(=O)CN(c1cc(C)cc(C)c1)S(=O)(=O)c1ccc(OC)c(OC)c1. The van der Waals surface area contributed by atoms with Crippen molar-refractivity contribution in [2.24, 2.45) is 0 Å². The summed E-state index contributed by atoms with van der Waals surface area (Å²) in [6, 6.07) is 16.5. The molecule has 1 unspecified atom stereocenters. The van der Waals surface area contributed by atoms with Gasteiger partial charge in [0.15, 0.2) is 11.5 Å². The summed E-state index contributed by atoms with van der Waals surface area (Å²) in [6.45, 7) is 9.50. The van der Waals surface area contributed by atoms with E-state index in [0.29, 0.717) is 18.0 Å². The average molecular weight is 610 g/mol. The summed E-state index contributed by atoms with van der Waals surface area (Å²) in [7, 11) is -1.37. The molecule has 232 valence electrons. The van der Waals surface area contributed by atoms with Crippen molar-refractivity contribution in [3.05, 3.63) is 82.9 Å². The smallest absolute Gasteiger partial charge is 0.264 e. The lowest BCUT2D eigenvalue weighted by Gasteiger charge is -2.32. The molecule has 3 aromatic rings. The van der Waals surface area contributed by atoms with Crippen molar-refractivity contribution >= 4 is 27.5 Å². The number of sulfonamides is 1. The van der Waals surface area contributed by atoms with Gasteiger partial charge in [-0.3, -0.25) is 13.9 Å². The summed E-state index contributed by atoms with van der Waals surface area (Å²) in [5.74, 6) is -0.186. The van der Waals surface area contributed by atoms with Gasteiger partial charge in [0.05, 0.1) is 24.8 Å². The number of rotatable bonds is 14. The molecule has 3 rings (SSSR count). The quantitative estimate of drug-likeness (QED) is 0.253. The maximum Gasteiger partial charge on any atom is 0.264 e. The molecule has 0 aliphatic carbocycles. The van der Waals surface area contributed by atoms with Crippen molar-refractivity contribution < 1.29 is 27.5 Å². The van der Waals surface area contributed by atoms with Gasteiger partial charge < -0.3 is 19.7 Å². The Morgan fingerprint density at radius 2 is 1.56 bits per heavy atom. The van der Waals surface area contributed by atoms with Gasteiger partial charge in [0.1, 0.15) is 12.6 Å². The topological polar surface area (TPSA) is 105 Å². The number of carbonyl (C=O) groups is 2. The third-order valence-electron chi connectivity index (χ3n) is 7.15. The van der Waals surface area contributed by atoms with Crippen molar-refractivity contribution in [1.82, 2.24) is 10.2 Å². The number of nitrogens with zero attached hydrogens (tertiary/aromatic N) is 2. The highest BCUT2D eigenvalue weighted by Gasteiger charge is 2.33. The van der Waals surface area contributed by atoms with E-state index in [4.69, 9.17) is 9.47 Å². The maximum absolute atomic E-state index is 14.2. The number of ether oxygens (including phenoxy) is 2. The molecular formula is C33H43N3O6S. The molecule has 1 atom stereocenters. The first-order valence-electron chi connectivity index (χ1n) is 14.4. The first-order chi connectivity index (χ1) is 20.4. The number of methoxy groups -OCH3 is 2. The highest BCUT2D eigenvalue weighted by atomic mass is 32.2. The number of amides is 2. The predicted molar refractivity (Wildman–Crippen MR) is 169 cm³/mol. The highest BCUT2D eigenvalue weighted by Crippen LogP contribution is 2.33. The van der Waals surface area contributed by atoms with Crippen LogP contribution in [0.2, 0.25) is 0 Å². The van der Waals surface area contributed by atoms with E-state index in [1.807, 2.05) is 58.0 Å². The van der Waals surface area contributed by atoms with E-state index >= 15 is 0 Å². The van der Waals surface area contributed by atoms with Crippen molar-refractivity contribution in [3.8, 4) is 11.5 Å². The molecule has 3 aromatic carbocycles. The molecule has 0 saturated carbocycles. The van der Waals surface area contributed by atoms with Crippen LogP contribution in [0, 0.1) is 20.8 Å². The normalized spacial score (nSPS) is 11.9. The fourth-order valence-electron chi connectivity index (χ4n) is 4.85. The summed E-state index contributed by atoms with van der Waals surface area (Å²) >= 11 is 0. The van der Waals surface area contributed by atoms with Crippen LogP contribution >= 0.6 is 0 Å². The fraction of sp³-hybridized carbons (Fsp3) is 0.394. The molecular weight excluding hydrogens is 566 g/mol. The monoisotopic (exact) mass is 609 g/mol. The van der Waals surface area contributed by atoms with Gasteiger partial charge in [-0.25, -0.2) is 8.42 Å². The van der Waals surface area contributed by atoms with Gasteiger partial charge in [0.25, 0.3) is 10.0 Å². The summed E-state index contributed by atoms with van der Waals surface area (Å²) in [5.41, 5.74) is 3.88. The van der Waals surface area contributed by atoms with E-state index in [2.05, 4.69) is 5.32 Å². The summed E-state index contributed by atoms with van der Waals surface area (Å²) < 4.78 is 40.2. The lowest BCUT2D eigenvalue weighted by Crippen LogP contribution is -2.51. The predicted octanol–water partition coefficient (Wildman–Crippen LogP) is 5.16. The number of hydrogen-bond donors (Lipinski definition) is 1. The fourth-order valence-corrected chi connectivity index (χ4v) is 6.27. The largest absolute Gasteiger partial charge is 0.493 e. The Kier molecular flexibility index (Phi) is 11.6. The Labute approximate surface area is 255 Å². The average Bonchev–Trinajstić information content (AvgIpc) is 2.97. The van der Waals surface area contributed by atoms with Crippen molar-refractivity contribution in [2.75, 3.05) is 31.6 Å². The van der Waals surface area contributed by atoms with Crippen LogP contribution < -0.4 is 19.1 Å². The minimum Gasteiger partial charge on any atom is -0.493 e. The Balaban J connectivity index is 2.08. The van der Waals surface area contributed by atoms with Crippen molar-refractivity contribution in [3.63, 3.8) is 0 Å². The van der Waals surface area contributed by atoms with Gasteiger partial charge in [-0.05, 0) is 75.1 Å². The second-order valence-corrected chi connectivity index (χ2v) is 12.6. The highest BCUT2D eigenvalue weighted by molar-refractivity contribution is 7.92. The number of carbonyl (C=O) groups excluding carboxylic acids is 2. The summed E-state index contributed by atoms with van der Waals surface area (Å²) in [5, 5.41) is 2.90. The van der Waals surface area contributed by atoms with Crippen molar-refractivity contribution in [2.45, 2.75) is 64.9 Å². The van der Waals surface area contributed by atoms with Gasteiger partial charge >= 0.3 is 0 Å². The molecule has 0 heterocycles. The zero-order valence-electron chi connectivity index (χ0n) is 26.1. The number of hydrogen-bond acceptors (Lipinski definition) is 6.